The molecule has 1 N–H and O–H groups in total. The number of likely N-dealkylation sites (N-methyl/N-ethyl adjacent to an activating group) is 1. The van der Waals surface area contributed by atoms with E-state index in [1.54, 1.807) is 0 Å². The van der Waals surface area contributed by atoms with Gasteiger partial charge in [-0.2, -0.15) is 0 Å². The van der Waals surface area contributed by atoms with Crippen molar-refractivity contribution in [1.82, 2.24) is 4.90 Å². The zero-order valence-corrected chi connectivity index (χ0v) is 19.8. The number of rotatable bonds is 5. The summed E-state index contributed by atoms with van der Waals surface area (Å²) >= 11 is 0. The van der Waals surface area contributed by atoms with Crippen LogP contribution in [0, 0.1) is 0 Å². The number of aromatic hydroxyl groups is 1. The van der Waals surface area contributed by atoms with E-state index in [2.05, 4.69) is 53.5 Å². The molecule has 1 saturated carbocycles. The van der Waals surface area contributed by atoms with Crippen LogP contribution in [-0.2, 0) is 20.4 Å². The molecule has 0 saturated heterocycles. The predicted molar refractivity (Wildman–Crippen MR) is 120 cm³/mol. The number of phenols is 1. The van der Waals surface area contributed by atoms with Gasteiger partial charge in [0.15, 0.2) is 0 Å². The molecule has 0 radical (unpaired) electrons. The number of nitrogens with zero attached hydrogens (tertiary/aromatic N) is 1. The summed E-state index contributed by atoms with van der Waals surface area (Å²) in [6.07, 6.45) is 5.92. The van der Waals surface area contributed by atoms with Gasteiger partial charge in [0.1, 0.15) is 11.8 Å². The van der Waals surface area contributed by atoms with Crippen molar-refractivity contribution in [2.24, 2.45) is 0 Å². The standard InChI is InChI=1S/C25H41NO3/c1-9-29-23(28)21(26(8)18-13-11-10-12-14-18)17-15-19(24(2,3)4)22(27)20(16-17)25(5,6)7/h15-16,18,21,27H,9-14H2,1-8H3. The summed E-state index contributed by atoms with van der Waals surface area (Å²) in [6, 6.07) is 3.96. The SMILES string of the molecule is CCOC(=O)C(c1cc(C(C)(C)C)c(O)c(C(C)(C)C)c1)N(C)C1CCCCC1. The molecule has 0 spiro atoms. The molecule has 164 valence electrons. The van der Waals surface area contributed by atoms with Crippen LogP contribution in [0.5, 0.6) is 5.75 Å². The first-order chi connectivity index (χ1) is 13.4. The fourth-order valence-corrected chi connectivity index (χ4v) is 4.42. The van der Waals surface area contributed by atoms with E-state index < -0.39 is 6.04 Å². The van der Waals surface area contributed by atoms with Crippen molar-refractivity contribution in [2.45, 2.75) is 103 Å². The van der Waals surface area contributed by atoms with Crippen molar-refractivity contribution in [1.29, 1.82) is 0 Å². The number of ether oxygens (including phenoxy) is 1. The number of hydrogen-bond donors (Lipinski definition) is 1. The van der Waals surface area contributed by atoms with Crippen LogP contribution in [0.4, 0.5) is 0 Å². The van der Waals surface area contributed by atoms with Crippen LogP contribution >= 0.6 is 0 Å². The quantitative estimate of drug-likeness (QED) is 0.626. The van der Waals surface area contributed by atoms with E-state index in [4.69, 9.17) is 4.74 Å². The second-order valence-electron chi connectivity index (χ2n) is 10.6. The predicted octanol–water partition coefficient (Wildman–Crippen LogP) is 5.86. The van der Waals surface area contributed by atoms with Gasteiger partial charge in [-0.1, -0.05) is 60.8 Å². The lowest BCUT2D eigenvalue weighted by Gasteiger charge is -2.37. The van der Waals surface area contributed by atoms with Gasteiger partial charge in [0.05, 0.1) is 6.61 Å². The molecule has 4 nitrogen and oxygen atoms in total. The zero-order chi connectivity index (χ0) is 22.0. The normalized spacial score (nSPS) is 17.4. The molecular formula is C25H41NO3. The minimum Gasteiger partial charge on any atom is -0.507 e. The van der Waals surface area contributed by atoms with Crippen LogP contribution in [0.15, 0.2) is 12.1 Å². The maximum absolute atomic E-state index is 13.1. The van der Waals surface area contributed by atoms with Gasteiger partial charge in [-0.3, -0.25) is 4.90 Å². The summed E-state index contributed by atoms with van der Waals surface area (Å²) in [4.78, 5) is 15.3. The first-order valence-electron chi connectivity index (χ1n) is 11.1. The monoisotopic (exact) mass is 403 g/mol. The smallest absolute Gasteiger partial charge is 0.327 e. The van der Waals surface area contributed by atoms with Crippen molar-refractivity contribution < 1.29 is 14.6 Å². The Morgan fingerprint density at radius 3 is 1.97 bits per heavy atom. The molecule has 0 amide bonds. The van der Waals surface area contributed by atoms with Crippen LogP contribution in [0.1, 0.15) is 103 Å². The zero-order valence-electron chi connectivity index (χ0n) is 19.8. The molecule has 1 aromatic rings. The Labute approximate surface area is 177 Å². The highest BCUT2D eigenvalue weighted by Crippen LogP contribution is 2.42. The van der Waals surface area contributed by atoms with Gasteiger partial charge in [0.25, 0.3) is 0 Å². The van der Waals surface area contributed by atoms with E-state index in [-0.39, 0.29) is 16.8 Å². The molecule has 0 heterocycles. The van der Waals surface area contributed by atoms with E-state index in [9.17, 15) is 9.90 Å². The molecule has 1 aromatic carbocycles. The molecule has 0 bridgehead atoms. The Balaban J connectivity index is 2.63. The van der Waals surface area contributed by atoms with Crippen LogP contribution in [-0.4, -0.2) is 35.7 Å². The Morgan fingerprint density at radius 2 is 1.55 bits per heavy atom. The average molecular weight is 404 g/mol. The largest absolute Gasteiger partial charge is 0.507 e. The van der Waals surface area contributed by atoms with Crippen LogP contribution in [0.2, 0.25) is 0 Å². The Hall–Kier alpha value is -1.55. The van der Waals surface area contributed by atoms with Crippen molar-refractivity contribution in [3.05, 3.63) is 28.8 Å². The van der Waals surface area contributed by atoms with E-state index in [0.29, 0.717) is 18.4 Å². The summed E-state index contributed by atoms with van der Waals surface area (Å²) in [7, 11) is 2.05. The number of phenolic OH excluding ortho intramolecular Hbond substituents is 1. The maximum atomic E-state index is 13.1. The third-order valence-corrected chi connectivity index (χ3v) is 6.13. The molecule has 1 fully saturated rings. The van der Waals surface area contributed by atoms with Crippen molar-refractivity contribution in [3.8, 4) is 5.75 Å². The van der Waals surface area contributed by atoms with E-state index >= 15 is 0 Å². The van der Waals surface area contributed by atoms with E-state index in [0.717, 1.165) is 29.5 Å². The highest BCUT2D eigenvalue weighted by Gasteiger charge is 2.35. The number of benzene rings is 1. The third-order valence-electron chi connectivity index (χ3n) is 6.13. The van der Waals surface area contributed by atoms with Crippen LogP contribution < -0.4 is 0 Å². The summed E-state index contributed by atoms with van der Waals surface area (Å²) in [5, 5.41) is 11.1. The fourth-order valence-electron chi connectivity index (χ4n) is 4.42. The molecule has 1 aliphatic carbocycles. The summed E-state index contributed by atoms with van der Waals surface area (Å²) < 4.78 is 5.51. The second kappa shape index (κ2) is 9.07. The molecule has 0 aromatic heterocycles. The summed E-state index contributed by atoms with van der Waals surface area (Å²) in [6.45, 7) is 14.8. The molecule has 29 heavy (non-hydrogen) atoms. The molecule has 0 aliphatic heterocycles. The Morgan fingerprint density at radius 1 is 1.07 bits per heavy atom. The topological polar surface area (TPSA) is 49.8 Å². The lowest BCUT2D eigenvalue weighted by Crippen LogP contribution is -2.41. The lowest BCUT2D eigenvalue weighted by molar-refractivity contribution is -0.150. The molecule has 1 atom stereocenters. The van der Waals surface area contributed by atoms with Gasteiger partial charge in [-0.05, 0) is 66.5 Å². The maximum Gasteiger partial charge on any atom is 0.327 e. The number of hydrogen-bond acceptors (Lipinski definition) is 4. The van der Waals surface area contributed by atoms with E-state index in [1.807, 2.05) is 19.1 Å². The highest BCUT2D eigenvalue weighted by molar-refractivity contribution is 5.78. The van der Waals surface area contributed by atoms with Gasteiger partial charge >= 0.3 is 5.97 Å². The first kappa shape index (κ1) is 23.7. The summed E-state index contributed by atoms with van der Waals surface area (Å²) in [5.74, 6) is 0.141. The number of esters is 1. The van der Waals surface area contributed by atoms with Gasteiger partial charge in [0, 0.05) is 6.04 Å². The minimum absolute atomic E-state index is 0.203. The highest BCUT2D eigenvalue weighted by atomic mass is 16.5. The molecule has 1 aliphatic rings. The first-order valence-corrected chi connectivity index (χ1v) is 11.1. The lowest BCUT2D eigenvalue weighted by atomic mass is 9.77. The number of carbonyl (C=O) groups excluding carboxylic acids is 1. The van der Waals surface area contributed by atoms with Crippen molar-refractivity contribution >= 4 is 5.97 Å². The molecule has 4 heteroatoms. The molecule has 2 rings (SSSR count). The van der Waals surface area contributed by atoms with Gasteiger partial charge in [0.2, 0.25) is 0 Å². The van der Waals surface area contributed by atoms with Gasteiger partial charge in [-0.15, -0.1) is 0 Å². The second-order valence-corrected chi connectivity index (χ2v) is 10.6. The van der Waals surface area contributed by atoms with Crippen LogP contribution in [0.3, 0.4) is 0 Å². The van der Waals surface area contributed by atoms with Crippen LogP contribution in [0.25, 0.3) is 0 Å². The van der Waals surface area contributed by atoms with E-state index in [1.165, 1.54) is 19.3 Å². The van der Waals surface area contributed by atoms with Gasteiger partial charge in [-0.25, -0.2) is 4.79 Å². The van der Waals surface area contributed by atoms with Crippen molar-refractivity contribution in [2.75, 3.05) is 13.7 Å². The van der Waals surface area contributed by atoms with Gasteiger partial charge < -0.3 is 9.84 Å². The Kier molecular flexibility index (Phi) is 7.42. The summed E-state index contributed by atoms with van der Waals surface area (Å²) in [5.41, 5.74) is 2.22. The Bertz CT molecular complexity index is 671. The average Bonchev–Trinajstić information content (AvgIpc) is 2.62. The molecular weight excluding hydrogens is 362 g/mol. The minimum atomic E-state index is -0.458. The fraction of sp³-hybridized carbons (Fsp3) is 0.720. The number of carbonyl (C=O) groups is 1. The third kappa shape index (κ3) is 5.53. The van der Waals surface area contributed by atoms with Crippen molar-refractivity contribution in [3.63, 3.8) is 0 Å². The molecule has 1 unspecified atom stereocenters.